The molecule has 0 radical (unpaired) electrons. The molecule has 1 heterocycles. The molecule has 6 heteroatoms. The summed E-state index contributed by atoms with van der Waals surface area (Å²) in [4.78, 5) is 14.6. The van der Waals surface area contributed by atoms with Gasteiger partial charge in [-0.25, -0.2) is 4.98 Å². The summed E-state index contributed by atoms with van der Waals surface area (Å²) in [5, 5.41) is 21.8. The molecule has 5 nitrogen and oxygen atoms in total. The van der Waals surface area contributed by atoms with Crippen molar-refractivity contribution in [3.63, 3.8) is 0 Å². The Labute approximate surface area is 101 Å². The van der Waals surface area contributed by atoms with Gasteiger partial charge in [-0.2, -0.15) is 5.26 Å². The van der Waals surface area contributed by atoms with Crippen molar-refractivity contribution in [3.05, 3.63) is 44.8 Å². The molecule has 0 atom stereocenters. The molecule has 2 aromatic rings. The Kier molecular flexibility index (Phi) is 3.12. The third-order valence-corrected chi connectivity index (χ3v) is 3.01. The van der Waals surface area contributed by atoms with Crippen LogP contribution in [-0.4, -0.2) is 9.91 Å². The van der Waals surface area contributed by atoms with E-state index in [0.29, 0.717) is 16.3 Å². The minimum atomic E-state index is -0.432. The van der Waals surface area contributed by atoms with Crippen LogP contribution in [0.1, 0.15) is 5.01 Å². The van der Waals surface area contributed by atoms with E-state index < -0.39 is 4.92 Å². The highest BCUT2D eigenvalue weighted by atomic mass is 32.1. The number of thiazole rings is 1. The van der Waals surface area contributed by atoms with E-state index in [1.807, 2.05) is 6.07 Å². The number of hydrogen-bond donors (Lipinski definition) is 0. The molecule has 0 N–H and O–H groups in total. The van der Waals surface area contributed by atoms with Crippen LogP contribution in [0.3, 0.4) is 0 Å². The molecule has 1 aromatic carbocycles. The number of aromatic nitrogens is 1. The number of nitriles is 1. The molecule has 84 valence electrons. The van der Waals surface area contributed by atoms with Crippen LogP contribution in [0.2, 0.25) is 0 Å². The average Bonchev–Trinajstić information content (AvgIpc) is 2.78. The zero-order valence-corrected chi connectivity index (χ0v) is 9.48. The van der Waals surface area contributed by atoms with Crippen molar-refractivity contribution in [2.45, 2.75) is 6.42 Å². The van der Waals surface area contributed by atoms with Crippen molar-refractivity contribution in [2.75, 3.05) is 0 Å². The molecule has 17 heavy (non-hydrogen) atoms. The smallest absolute Gasteiger partial charge is 0.258 e. The Morgan fingerprint density at radius 2 is 2.24 bits per heavy atom. The summed E-state index contributed by atoms with van der Waals surface area (Å²) in [7, 11) is 0. The summed E-state index contributed by atoms with van der Waals surface area (Å²) in [5.41, 5.74) is 1.06. The van der Waals surface area contributed by atoms with Gasteiger partial charge < -0.3 is 0 Å². The molecule has 0 aliphatic heterocycles. The summed E-state index contributed by atoms with van der Waals surface area (Å²) in [5.74, 6) is 0. The van der Waals surface area contributed by atoms with Crippen molar-refractivity contribution in [2.24, 2.45) is 0 Å². The lowest BCUT2D eigenvalue weighted by molar-refractivity contribution is -0.384. The predicted octanol–water partition coefficient (Wildman–Crippen LogP) is 2.78. The standard InChI is InChI=1S/C11H7N3O2S/c12-6-5-11-13-9(7-17-11)8-3-1-2-4-10(8)14(15)16/h1-4,7H,5H2. The number of hydrogen-bond acceptors (Lipinski definition) is 5. The summed E-state index contributed by atoms with van der Waals surface area (Å²) < 4.78 is 0. The molecule has 0 unspecified atom stereocenters. The van der Waals surface area contributed by atoms with Gasteiger partial charge >= 0.3 is 0 Å². The van der Waals surface area contributed by atoms with Crippen LogP contribution < -0.4 is 0 Å². The van der Waals surface area contributed by atoms with Gasteiger partial charge in [0.25, 0.3) is 5.69 Å². The number of benzene rings is 1. The third kappa shape index (κ3) is 2.29. The van der Waals surface area contributed by atoms with Crippen LogP contribution in [0.15, 0.2) is 29.6 Å². The molecule has 0 bridgehead atoms. The molecule has 0 saturated heterocycles. The van der Waals surface area contributed by atoms with E-state index in [2.05, 4.69) is 4.98 Å². The minimum absolute atomic E-state index is 0.0290. The van der Waals surface area contributed by atoms with Crippen LogP contribution in [0.25, 0.3) is 11.3 Å². The minimum Gasteiger partial charge on any atom is -0.258 e. The molecule has 0 amide bonds. The Hall–Kier alpha value is -2.26. The van der Waals surface area contributed by atoms with Gasteiger partial charge in [-0.1, -0.05) is 12.1 Å². The van der Waals surface area contributed by atoms with Gasteiger partial charge in [-0.3, -0.25) is 10.1 Å². The molecule has 0 aliphatic carbocycles. The number of nitro benzene ring substituents is 1. The van der Waals surface area contributed by atoms with E-state index >= 15 is 0 Å². The van der Waals surface area contributed by atoms with E-state index in [4.69, 9.17) is 5.26 Å². The van der Waals surface area contributed by atoms with Gasteiger partial charge in [0.1, 0.15) is 5.01 Å². The van der Waals surface area contributed by atoms with Crippen molar-refractivity contribution in [1.29, 1.82) is 5.26 Å². The summed E-state index contributed by atoms with van der Waals surface area (Å²) in [6.07, 6.45) is 0.227. The number of nitro groups is 1. The number of nitrogens with zero attached hydrogens (tertiary/aromatic N) is 3. The lowest BCUT2D eigenvalue weighted by Crippen LogP contribution is -1.91. The van der Waals surface area contributed by atoms with Crippen LogP contribution >= 0.6 is 11.3 Å². The van der Waals surface area contributed by atoms with Gasteiger partial charge in [0, 0.05) is 11.4 Å². The Morgan fingerprint density at radius 1 is 1.47 bits per heavy atom. The van der Waals surface area contributed by atoms with Gasteiger partial charge in [-0.05, 0) is 6.07 Å². The van der Waals surface area contributed by atoms with Gasteiger partial charge in [-0.15, -0.1) is 11.3 Å². The normalized spacial score (nSPS) is 9.82. The molecular formula is C11H7N3O2S. The van der Waals surface area contributed by atoms with Crippen LogP contribution in [0.4, 0.5) is 5.69 Å². The second kappa shape index (κ2) is 4.72. The number of para-hydroxylation sites is 1. The maximum absolute atomic E-state index is 10.9. The van der Waals surface area contributed by atoms with Crippen molar-refractivity contribution in [3.8, 4) is 17.3 Å². The van der Waals surface area contributed by atoms with Crippen LogP contribution in [-0.2, 0) is 6.42 Å². The zero-order valence-electron chi connectivity index (χ0n) is 8.66. The maximum atomic E-state index is 10.9. The topological polar surface area (TPSA) is 79.8 Å². The highest BCUT2D eigenvalue weighted by Gasteiger charge is 2.16. The van der Waals surface area contributed by atoms with Gasteiger partial charge in [0.05, 0.1) is 28.7 Å². The van der Waals surface area contributed by atoms with Crippen LogP contribution in [0, 0.1) is 21.4 Å². The molecule has 0 fully saturated rings. The Bertz CT molecular complexity index is 601. The zero-order chi connectivity index (χ0) is 12.3. The predicted molar refractivity (Wildman–Crippen MR) is 63.5 cm³/mol. The summed E-state index contributed by atoms with van der Waals surface area (Å²) in [6, 6.07) is 8.44. The van der Waals surface area contributed by atoms with Crippen LogP contribution in [0.5, 0.6) is 0 Å². The molecule has 0 aliphatic rings. The molecular weight excluding hydrogens is 238 g/mol. The fourth-order valence-corrected chi connectivity index (χ4v) is 2.16. The first-order valence-corrected chi connectivity index (χ1v) is 5.65. The number of rotatable bonds is 3. The lowest BCUT2D eigenvalue weighted by Gasteiger charge is -1.98. The first kappa shape index (κ1) is 11.2. The maximum Gasteiger partial charge on any atom is 0.278 e. The van der Waals surface area contributed by atoms with E-state index in [1.165, 1.54) is 17.4 Å². The Balaban J connectivity index is 2.46. The summed E-state index contributed by atoms with van der Waals surface area (Å²) in [6.45, 7) is 0. The highest BCUT2D eigenvalue weighted by molar-refractivity contribution is 7.10. The fourth-order valence-electron chi connectivity index (χ4n) is 1.43. The van der Waals surface area contributed by atoms with Crippen molar-refractivity contribution < 1.29 is 4.92 Å². The highest BCUT2D eigenvalue weighted by Crippen LogP contribution is 2.30. The molecule has 2 rings (SSSR count). The van der Waals surface area contributed by atoms with Crippen molar-refractivity contribution in [1.82, 2.24) is 4.98 Å². The first-order valence-electron chi connectivity index (χ1n) is 4.77. The largest absolute Gasteiger partial charge is 0.278 e. The van der Waals surface area contributed by atoms with Gasteiger partial charge in [0.15, 0.2) is 0 Å². The van der Waals surface area contributed by atoms with Gasteiger partial charge in [0.2, 0.25) is 0 Å². The monoisotopic (exact) mass is 245 g/mol. The molecule has 0 saturated carbocycles. The van der Waals surface area contributed by atoms with E-state index in [-0.39, 0.29) is 12.1 Å². The van der Waals surface area contributed by atoms with E-state index in [1.54, 1.807) is 23.6 Å². The molecule has 0 spiro atoms. The SMILES string of the molecule is N#CCc1nc(-c2ccccc2[N+](=O)[O-])cs1. The van der Waals surface area contributed by atoms with E-state index in [9.17, 15) is 10.1 Å². The third-order valence-electron chi connectivity index (χ3n) is 2.16. The van der Waals surface area contributed by atoms with E-state index in [0.717, 1.165) is 0 Å². The van der Waals surface area contributed by atoms with Crippen molar-refractivity contribution >= 4 is 17.0 Å². The lowest BCUT2D eigenvalue weighted by atomic mass is 10.1. The molecule has 1 aromatic heterocycles. The quantitative estimate of drug-likeness (QED) is 0.615. The first-order chi connectivity index (χ1) is 8.22. The second-order valence-corrected chi connectivity index (χ2v) is 4.18. The average molecular weight is 245 g/mol. The second-order valence-electron chi connectivity index (χ2n) is 3.24. The fraction of sp³-hybridized carbons (Fsp3) is 0.0909. The Morgan fingerprint density at radius 3 is 2.94 bits per heavy atom. The summed E-state index contributed by atoms with van der Waals surface area (Å²) >= 11 is 1.33.